The molecule has 0 saturated carbocycles. The summed E-state index contributed by atoms with van der Waals surface area (Å²) in [6.07, 6.45) is -9.36. The second kappa shape index (κ2) is 23.7. The Balaban J connectivity index is 1.05. The molecule has 15 aromatic rings. The lowest BCUT2D eigenvalue weighted by Crippen LogP contribution is -2.06. The minimum absolute atomic E-state index is 0.253. The fourth-order valence-electron chi connectivity index (χ4n) is 11.6. The van der Waals surface area contributed by atoms with Gasteiger partial charge in [0.1, 0.15) is 0 Å². The summed E-state index contributed by atoms with van der Waals surface area (Å²) in [4.78, 5) is 40.7. The van der Waals surface area contributed by atoms with Gasteiger partial charge in [-0.3, -0.25) is 0 Å². The lowest BCUT2D eigenvalue weighted by atomic mass is 9.91. The van der Waals surface area contributed by atoms with E-state index in [1.165, 1.54) is 24.3 Å². The number of aromatic nitrogens is 9. The second-order valence-corrected chi connectivity index (χ2v) is 22.1. The van der Waals surface area contributed by atoms with Crippen molar-refractivity contribution in [1.29, 1.82) is 0 Å². The van der Waals surface area contributed by atoms with Crippen molar-refractivity contribution in [1.82, 2.24) is 44.4 Å². The number of hydrogen-bond acceptors (Lipinski definition) is 8. The molecule has 446 valence electrons. The average Bonchev–Trinajstić information content (AvgIpc) is 1.60. The maximum absolute atomic E-state index is 14.6. The fourth-order valence-corrected chi connectivity index (χ4v) is 11.6. The molecule has 0 bridgehead atoms. The Labute approximate surface area is 528 Å². The van der Waals surface area contributed by atoms with Gasteiger partial charge in [-0.05, 0) is 90.0 Å². The van der Waals surface area contributed by atoms with E-state index in [0.717, 1.165) is 57.6 Å². The normalized spacial score (nSPS) is 11.8. The van der Waals surface area contributed by atoms with Gasteiger partial charge in [0.15, 0.2) is 40.8 Å². The van der Waals surface area contributed by atoms with Crippen LogP contribution >= 0.6 is 0 Å². The summed E-state index contributed by atoms with van der Waals surface area (Å²) in [5.41, 5.74) is 8.94. The molecule has 0 spiro atoms. The Morgan fingerprint density at radius 1 is 0.226 bits per heavy atom. The quantitative estimate of drug-likeness (QED) is 0.111. The van der Waals surface area contributed by atoms with Crippen LogP contribution in [0.3, 0.4) is 0 Å². The van der Waals surface area contributed by atoms with E-state index >= 15 is 0 Å². The maximum Gasteiger partial charge on any atom is 0.416 e. The lowest BCUT2D eigenvalue weighted by molar-refractivity contribution is -0.138. The van der Waals surface area contributed by atoms with Crippen LogP contribution in [0.25, 0.3) is 152 Å². The molecule has 0 unspecified atom stereocenters. The number of benzene rings is 11. The van der Waals surface area contributed by atoms with Gasteiger partial charge < -0.3 is 4.57 Å². The molecule has 0 aliphatic carbocycles. The first-order chi connectivity index (χ1) is 45.3. The van der Waals surface area contributed by atoms with Gasteiger partial charge in [0, 0.05) is 72.0 Å². The number of rotatable bonds is 12. The summed E-state index contributed by atoms with van der Waals surface area (Å²) < 4.78 is 89.8. The van der Waals surface area contributed by atoms with E-state index in [0.29, 0.717) is 113 Å². The third kappa shape index (κ3) is 11.4. The molecule has 11 aromatic carbocycles. The zero-order chi connectivity index (χ0) is 63.2. The number of fused-ring (bicyclic) bond motifs is 3. The lowest BCUT2D eigenvalue weighted by Gasteiger charge is -2.22. The van der Waals surface area contributed by atoms with Crippen molar-refractivity contribution in [2.24, 2.45) is 0 Å². The average molecular weight is 1220 g/mol. The van der Waals surface area contributed by atoms with Gasteiger partial charge >= 0.3 is 12.4 Å². The molecule has 0 aliphatic heterocycles. The van der Waals surface area contributed by atoms with Crippen LogP contribution < -0.4 is 0 Å². The third-order valence-electron chi connectivity index (χ3n) is 16.2. The number of halogens is 6. The van der Waals surface area contributed by atoms with Gasteiger partial charge in [-0.2, -0.15) is 26.3 Å². The third-order valence-corrected chi connectivity index (χ3v) is 16.2. The highest BCUT2D eigenvalue weighted by molar-refractivity contribution is 6.13. The molecule has 4 aromatic heterocycles. The minimum Gasteiger partial charge on any atom is -0.308 e. The molecule has 15 rings (SSSR count). The van der Waals surface area contributed by atoms with Gasteiger partial charge in [0.25, 0.3) is 0 Å². The van der Waals surface area contributed by atoms with Crippen LogP contribution in [0.4, 0.5) is 26.3 Å². The van der Waals surface area contributed by atoms with Crippen molar-refractivity contribution < 1.29 is 26.3 Å². The molecular formula is C78H47F6N9. The Kier molecular flexibility index (Phi) is 14.6. The Hall–Kier alpha value is -12.1. The molecule has 0 amide bonds. The molecule has 0 fully saturated rings. The van der Waals surface area contributed by atoms with Crippen LogP contribution in [0.5, 0.6) is 0 Å². The van der Waals surface area contributed by atoms with Gasteiger partial charge in [-0.1, -0.05) is 206 Å². The van der Waals surface area contributed by atoms with Gasteiger partial charge in [0.05, 0.1) is 39.2 Å². The van der Waals surface area contributed by atoms with E-state index in [1.54, 1.807) is 0 Å². The molecule has 0 atom stereocenters. The van der Waals surface area contributed by atoms with Crippen LogP contribution in [0.1, 0.15) is 11.1 Å². The Morgan fingerprint density at radius 2 is 0.495 bits per heavy atom. The van der Waals surface area contributed by atoms with Crippen molar-refractivity contribution >= 4 is 21.8 Å². The van der Waals surface area contributed by atoms with Crippen LogP contribution in [0.15, 0.2) is 285 Å². The summed E-state index contributed by atoms with van der Waals surface area (Å²) in [5.74, 6) is 2.76. The van der Waals surface area contributed by atoms with Crippen LogP contribution in [-0.4, -0.2) is 44.4 Å². The SMILES string of the molecule is FC(F)(F)c1ccc(-c2cc(-c3nc(-c4ccccc4)cc(-c4ccccc4)n3)cc(-c3ccc(C(F)(F)F)cc3)c2-n2c3ccc(-c4nc(-c5ccccc5)nc(-c5ccccc5)n4)cc3c3cc(-c4nc(-c5ccccc5)nc(-c5ccccc5)n4)ccc32)cc1. The standard InChI is InChI=1S/C78H47F6N9/c79-77(80,81)59-37-31-48(32-38-59)61-45-58(76-85-65(50-19-7-1-8-20-50)47-66(86-76)51-21-9-2-10-22-51)46-62(49-33-39-60(40-34-49)78(82,83)84)69(61)93-67-41-35-56(74-89-70(52-23-11-3-12-24-52)87-71(90-74)53-25-13-4-14-26-53)43-63(67)64-44-57(36-42-68(64)93)75-91-72(54-27-15-5-16-28-54)88-73(92-75)55-29-17-6-18-30-55/h1-47H. The molecular weight excluding hydrogens is 1180 g/mol. The predicted molar refractivity (Wildman–Crippen MR) is 353 cm³/mol. The van der Waals surface area contributed by atoms with E-state index in [9.17, 15) is 26.3 Å². The van der Waals surface area contributed by atoms with Crippen molar-refractivity contribution in [3.8, 4) is 130 Å². The zero-order valence-electron chi connectivity index (χ0n) is 48.9. The van der Waals surface area contributed by atoms with Crippen LogP contribution in [0.2, 0.25) is 0 Å². The summed E-state index contributed by atoms with van der Waals surface area (Å²) in [6, 6.07) is 84.6. The number of nitrogens with zero attached hydrogens (tertiary/aromatic N) is 9. The first kappa shape index (κ1) is 57.3. The topological polar surface area (TPSA) is 108 Å². The number of hydrogen-bond donors (Lipinski definition) is 0. The molecule has 0 aliphatic rings. The minimum atomic E-state index is -4.68. The first-order valence-corrected chi connectivity index (χ1v) is 29.7. The maximum atomic E-state index is 14.6. The largest absolute Gasteiger partial charge is 0.416 e. The van der Waals surface area contributed by atoms with E-state index < -0.39 is 23.5 Å². The van der Waals surface area contributed by atoms with Crippen LogP contribution in [-0.2, 0) is 12.4 Å². The second-order valence-electron chi connectivity index (χ2n) is 22.1. The van der Waals surface area contributed by atoms with Gasteiger partial charge in [0.2, 0.25) is 0 Å². The Morgan fingerprint density at radius 3 is 0.796 bits per heavy atom. The smallest absolute Gasteiger partial charge is 0.308 e. The molecule has 9 nitrogen and oxygen atoms in total. The Bertz CT molecular complexity index is 4810. The van der Waals surface area contributed by atoms with Crippen LogP contribution in [0, 0.1) is 0 Å². The molecule has 93 heavy (non-hydrogen) atoms. The highest BCUT2D eigenvalue weighted by Crippen LogP contribution is 2.47. The van der Waals surface area contributed by atoms with Gasteiger partial charge in [-0.25, -0.2) is 39.9 Å². The highest BCUT2D eigenvalue weighted by atomic mass is 19.4. The van der Waals surface area contributed by atoms with E-state index in [1.807, 2.05) is 241 Å². The highest BCUT2D eigenvalue weighted by Gasteiger charge is 2.33. The van der Waals surface area contributed by atoms with Crippen molar-refractivity contribution in [2.75, 3.05) is 0 Å². The monoisotopic (exact) mass is 1220 g/mol. The van der Waals surface area contributed by atoms with Gasteiger partial charge in [-0.15, -0.1) is 0 Å². The molecule has 0 radical (unpaired) electrons. The van der Waals surface area contributed by atoms with E-state index in [4.69, 9.17) is 39.9 Å². The summed E-state index contributed by atoms with van der Waals surface area (Å²) >= 11 is 0. The van der Waals surface area contributed by atoms with Crippen molar-refractivity contribution in [2.45, 2.75) is 12.4 Å². The molecule has 0 N–H and O–H groups in total. The summed E-state index contributed by atoms with van der Waals surface area (Å²) in [6.45, 7) is 0. The zero-order valence-corrected chi connectivity index (χ0v) is 48.9. The summed E-state index contributed by atoms with van der Waals surface area (Å²) in [5, 5.41) is 1.36. The number of alkyl halides is 6. The summed E-state index contributed by atoms with van der Waals surface area (Å²) in [7, 11) is 0. The fraction of sp³-hybridized carbons (Fsp3) is 0.0256. The van der Waals surface area contributed by atoms with E-state index in [-0.39, 0.29) is 5.82 Å². The predicted octanol–water partition coefficient (Wildman–Crippen LogP) is 20.3. The molecule has 4 heterocycles. The van der Waals surface area contributed by atoms with Crippen molar-refractivity contribution in [3.63, 3.8) is 0 Å². The van der Waals surface area contributed by atoms with Crippen molar-refractivity contribution in [3.05, 3.63) is 296 Å². The van der Waals surface area contributed by atoms with E-state index in [2.05, 4.69) is 0 Å². The molecule has 0 saturated heterocycles. The molecule has 15 heteroatoms. The first-order valence-electron chi connectivity index (χ1n) is 29.7.